The quantitative estimate of drug-likeness (QED) is 0.526. The molecule has 0 saturated heterocycles. The first-order chi connectivity index (χ1) is 9.93. The maximum absolute atomic E-state index is 4.46. The highest BCUT2D eigenvalue weighted by Crippen LogP contribution is 2.27. The van der Waals surface area contributed by atoms with Gasteiger partial charge >= 0.3 is 0 Å². The second-order valence-electron chi connectivity index (χ2n) is 4.47. The Kier molecular flexibility index (Phi) is 2.39. The second-order valence-corrected chi connectivity index (χ2v) is 4.47. The fraction of sp³-hybridized carbons (Fsp3) is 0. The molecule has 0 spiro atoms. The molecule has 0 aliphatic carbocycles. The van der Waals surface area contributed by atoms with Crippen LogP contribution in [0, 0.1) is 0 Å². The van der Waals surface area contributed by atoms with Gasteiger partial charge in [0.05, 0.1) is 11.0 Å². The number of fused-ring (bicyclic) bond motifs is 2. The summed E-state index contributed by atoms with van der Waals surface area (Å²) in [5.41, 5.74) is 3.24. The first-order valence-corrected chi connectivity index (χ1v) is 6.33. The maximum atomic E-state index is 4.46. The zero-order chi connectivity index (χ0) is 13.4. The van der Waals surface area contributed by atoms with E-state index in [-0.39, 0.29) is 0 Å². The van der Waals surface area contributed by atoms with Gasteiger partial charge < -0.3 is 0 Å². The molecule has 0 N–H and O–H groups in total. The Morgan fingerprint density at radius 3 is 1.50 bits per heavy atom. The van der Waals surface area contributed by atoms with Crippen molar-refractivity contribution in [3.63, 3.8) is 0 Å². The van der Waals surface area contributed by atoms with E-state index in [9.17, 15) is 0 Å². The summed E-state index contributed by atoms with van der Waals surface area (Å²) in [6, 6.07) is 11.8. The third kappa shape index (κ3) is 1.62. The second kappa shape index (κ2) is 4.35. The Bertz CT molecular complexity index is 830. The van der Waals surface area contributed by atoms with Gasteiger partial charge in [0, 0.05) is 35.6 Å². The van der Waals surface area contributed by atoms with Gasteiger partial charge in [0.25, 0.3) is 0 Å². The van der Waals surface area contributed by atoms with E-state index in [1.54, 1.807) is 24.8 Å². The summed E-state index contributed by atoms with van der Waals surface area (Å²) in [6.07, 6.45) is 7.10. The van der Waals surface area contributed by atoms with Crippen molar-refractivity contribution >= 4 is 21.8 Å². The van der Waals surface area contributed by atoms with Gasteiger partial charge in [-0.25, -0.2) is 0 Å². The van der Waals surface area contributed by atoms with Crippen LogP contribution in [-0.4, -0.2) is 19.9 Å². The number of aromatic nitrogens is 4. The summed E-state index contributed by atoms with van der Waals surface area (Å²) in [7, 11) is 0. The fourth-order valence-corrected chi connectivity index (χ4v) is 2.35. The van der Waals surface area contributed by atoms with Crippen LogP contribution in [0.3, 0.4) is 0 Å². The summed E-state index contributed by atoms with van der Waals surface area (Å²) >= 11 is 0. The van der Waals surface area contributed by atoms with Gasteiger partial charge in [-0.1, -0.05) is 12.1 Å². The number of pyridine rings is 4. The van der Waals surface area contributed by atoms with E-state index in [1.807, 2.05) is 36.4 Å². The first-order valence-electron chi connectivity index (χ1n) is 6.33. The zero-order valence-electron chi connectivity index (χ0n) is 10.6. The standard InChI is InChI=1S/C16H10N4/c1-3-11-5-9-19-15(13(11)17-7-1)16-14-12(6-10-20-16)4-2-8-18-14/h1-10H. The molecule has 0 atom stereocenters. The van der Waals surface area contributed by atoms with Gasteiger partial charge in [-0.15, -0.1) is 0 Å². The van der Waals surface area contributed by atoms with E-state index in [1.165, 1.54) is 0 Å². The third-order valence-electron chi connectivity index (χ3n) is 3.27. The molecule has 0 radical (unpaired) electrons. The van der Waals surface area contributed by atoms with Gasteiger partial charge in [0.1, 0.15) is 11.4 Å². The molecule has 0 saturated carbocycles. The van der Waals surface area contributed by atoms with Crippen LogP contribution in [0.1, 0.15) is 0 Å². The maximum Gasteiger partial charge on any atom is 0.117 e. The third-order valence-corrected chi connectivity index (χ3v) is 3.27. The normalized spacial score (nSPS) is 11.0. The van der Waals surface area contributed by atoms with Crippen LogP contribution in [0.15, 0.2) is 61.2 Å². The smallest absolute Gasteiger partial charge is 0.117 e. The summed E-state index contributed by atoms with van der Waals surface area (Å²) in [5.74, 6) is 0. The molecular formula is C16H10N4. The van der Waals surface area contributed by atoms with E-state index >= 15 is 0 Å². The highest BCUT2D eigenvalue weighted by atomic mass is 14.8. The minimum Gasteiger partial charge on any atom is -0.254 e. The molecule has 4 aromatic heterocycles. The van der Waals surface area contributed by atoms with Gasteiger partial charge in [-0.2, -0.15) is 0 Å². The monoisotopic (exact) mass is 258 g/mol. The van der Waals surface area contributed by atoms with E-state index in [4.69, 9.17) is 0 Å². The molecule has 4 aromatic rings. The zero-order valence-corrected chi connectivity index (χ0v) is 10.6. The molecule has 0 fully saturated rings. The van der Waals surface area contributed by atoms with E-state index < -0.39 is 0 Å². The number of hydrogen-bond acceptors (Lipinski definition) is 4. The number of rotatable bonds is 1. The summed E-state index contributed by atoms with van der Waals surface area (Å²) < 4.78 is 0. The molecular weight excluding hydrogens is 248 g/mol. The van der Waals surface area contributed by atoms with Crippen LogP contribution >= 0.6 is 0 Å². The summed E-state index contributed by atoms with van der Waals surface area (Å²) in [4.78, 5) is 17.8. The molecule has 4 nitrogen and oxygen atoms in total. The summed E-state index contributed by atoms with van der Waals surface area (Å²) in [6.45, 7) is 0. The van der Waals surface area contributed by atoms with Crippen molar-refractivity contribution in [2.45, 2.75) is 0 Å². The molecule has 4 heterocycles. The van der Waals surface area contributed by atoms with E-state index in [0.717, 1.165) is 33.2 Å². The van der Waals surface area contributed by atoms with Crippen molar-refractivity contribution in [3.05, 3.63) is 61.2 Å². The number of hydrogen-bond donors (Lipinski definition) is 0. The largest absolute Gasteiger partial charge is 0.254 e. The molecule has 94 valence electrons. The lowest BCUT2D eigenvalue weighted by molar-refractivity contribution is 1.24. The predicted octanol–water partition coefficient (Wildman–Crippen LogP) is 3.24. The van der Waals surface area contributed by atoms with Gasteiger partial charge in [-0.05, 0) is 24.3 Å². The Labute approximate surface area is 115 Å². The average molecular weight is 258 g/mol. The first kappa shape index (κ1) is 11.0. The topological polar surface area (TPSA) is 51.6 Å². The molecule has 0 aliphatic rings. The van der Waals surface area contributed by atoms with Gasteiger partial charge in [-0.3, -0.25) is 19.9 Å². The van der Waals surface area contributed by atoms with Crippen LogP contribution in [0.4, 0.5) is 0 Å². The molecule has 20 heavy (non-hydrogen) atoms. The van der Waals surface area contributed by atoms with Gasteiger partial charge in [0.15, 0.2) is 0 Å². The van der Waals surface area contributed by atoms with Crippen molar-refractivity contribution in [3.8, 4) is 11.4 Å². The molecule has 4 heteroatoms. The van der Waals surface area contributed by atoms with Crippen molar-refractivity contribution < 1.29 is 0 Å². The molecule has 4 rings (SSSR count). The lowest BCUT2D eigenvalue weighted by Crippen LogP contribution is -1.93. The molecule has 0 unspecified atom stereocenters. The summed E-state index contributed by atoms with van der Waals surface area (Å²) in [5, 5.41) is 2.10. The van der Waals surface area contributed by atoms with E-state index in [2.05, 4.69) is 19.9 Å². The highest BCUT2D eigenvalue weighted by Gasteiger charge is 2.11. The molecule has 0 amide bonds. The van der Waals surface area contributed by atoms with Crippen molar-refractivity contribution in [2.24, 2.45) is 0 Å². The Hall–Kier alpha value is -2.88. The van der Waals surface area contributed by atoms with Crippen molar-refractivity contribution in [2.75, 3.05) is 0 Å². The van der Waals surface area contributed by atoms with Crippen LogP contribution in [-0.2, 0) is 0 Å². The highest BCUT2D eigenvalue weighted by molar-refractivity contribution is 5.98. The Morgan fingerprint density at radius 1 is 0.500 bits per heavy atom. The lowest BCUT2D eigenvalue weighted by Gasteiger charge is -2.06. The van der Waals surface area contributed by atoms with Crippen molar-refractivity contribution in [1.29, 1.82) is 0 Å². The average Bonchev–Trinajstić information content (AvgIpc) is 2.54. The van der Waals surface area contributed by atoms with Crippen molar-refractivity contribution in [1.82, 2.24) is 19.9 Å². The fourth-order valence-electron chi connectivity index (χ4n) is 2.35. The minimum atomic E-state index is 0.771. The van der Waals surface area contributed by atoms with Gasteiger partial charge in [0.2, 0.25) is 0 Å². The van der Waals surface area contributed by atoms with Crippen LogP contribution in [0.5, 0.6) is 0 Å². The van der Waals surface area contributed by atoms with E-state index in [0.29, 0.717) is 0 Å². The van der Waals surface area contributed by atoms with Crippen LogP contribution in [0.2, 0.25) is 0 Å². The SMILES string of the molecule is c1cnc2c(-c3nccc4cccnc34)nccc2c1. The minimum absolute atomic E-state index is 0.771. The number of nitrogens with zero attached hydrogens (tertiary/aromatic N) is 4. The molecule has 0 aliphatic heterocycles. The molecule has 0 bridgehead atoms. The van der Waals surface area contributed by atoms with Crippen LogP contribution in [0.25, 0.3) is 33.2 Å². The Balaban J connectivity index is 2.12. The Morgan fingerprint density at radius 2 is 1.00 bits per heavy atom. The molecule has 0 aromatic carbocycles. The van der Waals surface area contributed by atoms with Crippen LogP contribution < -0.4 is 0 Å². The lowest BCUT2D eigenvalue weighted by atomic mass is 10.1. The predicted molar refractivity (Wildman–Crippen MR) is 78.1 cm³/mol.